The number of carbonyl (C=O) groups excluding carboxylic acids is 1. The van der Waals surface area contributed by atoms with Gasteiger partial charge in [0.2, 0.25) is 5.82 Å². The van der Waals surface area contributed by atoms with Gasteiger partial charge in [0.1, 0.15) is 5.82 Å². The molecular weight excluding hydrogens is 182 g/mol. The Morgan fingerprint density at radius 1 is 1.79 bits per heavy atom. The first-order chi connectivity index (χ1) is 6.63. The van der Waals surface area contributed by atoms with Gasteiger partial charge < -0.3 is 5.32 Å². The van der Waals surface area contributed by atoms with Crippen LogP contribution >= 0.6 is 0 Å². The van der Waals surface area contributed by atoms with Crippen LogP contribution in [-0.2, 0) is 0 Å². The lowest BCUT2D eigenvalue weighted by atomic mass is 10.2. The van der Waals surface area contributed by atoms with E-state index in [9.17, 15) is 4.79 Å². The number of hydrogen-bond donors (Lipinski definition) is 2. The first-order valence-corrected chi connectivity index (χ1v) is 4.20. The second kappa shape index (κ2) is 4.37. The molecule has 1 aromatic rings. The second-order valence-corrected chi connectivity index (χ2v) is 2.98. The minimum atomic E-state index is -0.364. The van der Waals surface area contributed by atoms with Crippen molar-refractivity contribution in [2.75, 3.05) is 0 Å². The molecule has 14 heavy (non-hydrogen) atoms. The van der Waals surface area contributed by atoms with Crippen molar-refractivity contribution < 1.29 is 4.79 Å². The molecule has 2 N–H and O–H groups in total. The predicted molar refractivity (Wildman–Crippen MR) is 48.3 cm³/mol. The lowest BCUT2D eigenvalue weighted by Gasteiger charge is -2.07. The highest BCUT2D eigenvalue weighted by Gasteiger charge is 2.13. The van der Waals surface area contributed by atoms with Gasteiger partial charge in [-0.15, -0.1) is 5.10 Å². The number of H-pyrrole nitrogens is 1. The summed E-state index contributed by atoms with van der Waals surface area (Å²) in [6, 6.07) is 1.78. The number of aromatic nitrogens is 3. The van der Waals surface area contributed by atoms with Crippen LogP contribution in [0.1, 0.15) is 29.8 Å². The lowest BCUT2D eigenvalue weighted by Crippen LogP contribution is -2.32. The van der Waals surface area contributed by atoms with Gasteiger partial charge in [0, 0.05) is 6.04 Å². The Hall–Kier alpha value is -1.90. The van der Waals surface area contributed by atoms with E-state index in [-0.39, 0.29) is 24.2 Å². The monoisotopic (exact) mass is 193 g/mol. The molecule has 0 aromatic carbocycles. The normalized spacial score (nSPS) is 11.8. The molecule has 1 unspecified atom stereocenters. The molecule has 1 aromatic heterocycles. The number of carbonyl (C=O) groups is 1. The maximum absolute atomic E-state index is 11.4. The molecule has 1 rings (SSSR count). The molecule has 0 bridgehead atoms. The van der Waals surface area contributed by atoms with E-state index in [1.54, 1.807) is 13.8 Å². The van der Waals surface area contributed by atoms with E-state index in [0.29, 0.717) is 5.82 Å². The smallest absolute Gasteiger partial charge is 0.291 e. The van der Waals surface area contributed by atoms with Crippen molar-refractivity contribution in [3.63, 3.8) is 0 Å². The SMILES string of the molecule is Cc1nc(C(=O)NC(C)CC#N)n[nH]1. The Balaban J connectivity index is 2.55. The van der Waals surface area contributed by atoms with Gasteiger partial charge in [0.05, 0.1) is 12.5 Å². The third-order valence-corrected chi connectivity index (χ3v) is 1.58. The van der Waals surface area contributed by atoms with Gasteiger partial charge in [-0.1, -0.05) is 0 Å². The summed E-state index contributed by atoms with van der Waals surface area (Å²) in [6.07, 6.45) is 0.273. The predicted octanol–water partition coefficient (Wildman–Crippen LogP) is 0.145. The largest absolute Gasteiger partial charge is 0.346 e. The summed E-state index contributed by atoms with van der Waals surface area (Å²) in [5, 5.41) is 17.3. The van der Waals surface area contributed by atoms with Crippen LogP contribution in [-0.4, -0.2) is 27.1 Å². The fourth-order valence-corrected chi connectivity index (χ4v) is 0.921. The standard InChI is InChI=1S/C8H11N5O/c1-5(3-4-9)10-8(14)7-11-6(2)12-13-7/h5H,3H2,1-2H3,(H,10,14)(H,11,12,13). The average Bonchev–Trinajstić information content (AvgIpc) is 2.52. The number of aryl methyl sites for hydroxylation is 1. The molecule has 0 spiro atoms. The van der Waals surface area contributed by atoms with Gasteiger partial charge >= 0.3 is 0 Å². The van der Waals surface area contributed by atoms with Gasteiger partial charge in [-0.3, -0.25) is 9.89 Å². The number of nitrogens with one attached hydrogen (secondary N) is 2. The summed E-state index contributed by atoms with van der Waals surface area (Å²) >= 11 is 0. The number of nitrogens with zero attached hydrogens (tertiary/aromatic N) is 3. The first-order valence-electron chi connectivity index (χ1n) is 4.20. The maximum Gasteiger partial charge on any atom is 0.291 e. The van der Waals surface area contributed by atoms with E-state index < -0.39 is 0 Å². The van der Waals surface area contributed by atoms with E-state index in [4.69, 9.17) is 5.26 Å². The van der Waals surface area contributed by atoms with Crippen molar-refractivity contribution in [3.05, 3.63) is 11.6 Å². The third kappa shape index (κ3) is 2.55. The molecular formula is C8H11N5O. The summed E-state index contributed by atoms with van der Waals surface area (Å²) in [6.45, 7) is 3.46. The fraction of sp³-hybridized carbons (Fsp3) is 0.500. The number of nitriles is 1. The summed E-state index contributed by atoms with van der Waals surface area (Å²) in [5.74, 6) is 0.326. The Morgan fingerprint density at radius 2 is 2.50 bits per heavy atom. The minimum Gasteiger partial charge on any atom is -0.346 e. The molecule has 1 amide bonds. The van der Waals surface area contributed by atoms with Crippen LogP contribution in [0, 0.1) is 18.3 Å². The molecule has 0 radical (unpaired) electrons. The highest BCUT2D eigenvalue weighted by molar-refractivity contribution is 5.90. The molecule has 6 nitrogen and oxygen atoms in total. The van der Waals surface area contributed by atoms with Gasteiger partial charge in [-0.05, 0) is 13.8 Å². The van der Waals surface area contributed by atoms with Crippen molar-refractivity contribution in [3.8, 4) is 6.07 Å². The highest BCUT2D eigenvalue weighted by Crippen LogP contribution is 1.94. The zero-order valence-corrected chi connectivity index (χ0v) is 8.03. The third-order valence-electron chi connectivity index (χ3n) is 1.58. The number of rotatable bonds is 3. The van der Waals surface area contributed by atoms with Gasteiger partial charge in [-0.25, -0.2) is 4.98 Å². The van der Waals surface area contributed by atoms with Crippen LogP contribution in [0.5, 0.6) is 0 Å². The highest BCUT2D eigenvalue weighted by atomic mass is 16.2. The van der Waals surface area contributed by atoms with Crippen molar-refractivity contribution in [2.24, 2.45) is 0 Å². The van der Waals surface area contributed by atoms with Crippen LogP contribution in [0.15, 0.2) is 0 Å². The summed E-state index contributed by atoms with van der Waals surface area (Å²) in [4.78, 5) is 15.2. The Morgan fingerprint density at radius 3 is 3.00 bits per heavy atom. The van der Waals surface area contributed by atoms with Crippen LogP contribution in [0.25, 0.3) is 0 Å². The van der Waals surface area contributed by atoms with Crippen LogP contribution in [0.3, 0.4) is 0 Å². The Labute approximate surface area is 81.3 Å². The molecule has 0 aliphatic rings. The maximum atomic E-state index is 11.4. The Bertz CT molecular complexity index is 364. The van der Waals surface area contributed by atoms with Gasteiger partial charge in [0.15, 0.2) is 0 Å². The molecule has 0 saturated carbocycles. The number of aromatic amines is 1. The zero-order chi connectivity index (χ0) is 10.6. The van der Waals surface area contributed by atoms with Crippen molar-refractivity contribution in [1.29, 1.82) is 5.26 Å². The van der Waals surface area contributed by atoms with Crippen LogP contribution < -0.4 is 5.32 Å². The number of hydrogen-bond acceptors (Lipinski definition) is 4. The van der Waals surface area contributed by atoms with Gasteiger partial charge in [-0.2, -0.15) is 5.26 Å². The van der Waals surface area contributed by atoms with Crippen LogP contribution in [0.4, 0.5) is 0 Å². The van der Waals surface area contributed by atoms with Crippen LogP contribution in [0.2, 0.25) is 0 Å². The molecule has 0 fully saturated rings. The molecule has 0 aliphatic carbocycles. The molecule has 74 valence electrons. The van der Waals surface area contributed by atoms with E-state index >= 15 is 0 Å². The van der Waals surface area contributed by atoms with Crippen molar-refractivity contribution >= 4 is 5.91 Å². The lowest BCUT2D eigenvalue weighted by molar-refractivity contribution is 0.0930. The average molecular weight is 193 g/mol. The van der Waals surface area contributed by atoms with E-state index in [1.165, 1.54) is 0 Å². The second-order valence-electron chi connectivity index (χ2n) is 2.98. The molecule has 0 saturated heterocycles. The van der Waals surface area contributed by atoms with E-state index in [1.807, 2.05) is 6.07 Å². The van der Waals surface area contributed by atoms with E-state index in [2.05, 4.69) is 20.5 Å². The summed E-state index contributed by atoms with van der Waals surface area (Å²) in [7, 11) is 0. The quantitative estimate of drug-likeness (QED) is 0.714. The van der Waals surface area contributed by atoms with Gasteiger partial charge in [0.25, 0.3) is 5.91 Å². The summed E-state index contributed by atoms with van der Waals surface area (Å²) < 4.78 is 0. The zero-order valence-electron chi connectivity index (χ0n) is 8.03. The van der Waals surface area contributed by atoms with E-state index in [0.717, 1.165) is 0 Å². The molecule has 0 aliphatic heterocycles. The molecule has 6 heteroatoms. The topological polar surface area (TPSA) is 94.5 Å². The number of amides is 1. The first kappa shape index (κ1) is 10.2. The molecule has 1 atom stereocenters. The summed E-state index contributed by atoms with van der Waals surface area (Å²) in [5.41, 5.74) is 0. The fourth-order valence-electron chi connectivity index (χ4n) is 0.921. The van der Waals surface area contributed by atoms with Crippen molar-refractivity contribution in [2.45, 2.75) is 26.3 Å². The minimum absolute atomic E-state index is 0.104. The van der Waals surface area contributed by atoms with Crippen molar-refractivity contribution in [1.82, 2.24) is 20.5 Å². The molecule has 1 heterocycles. The Kier molecular flexibility index (Phi) is 3.18.